The van der Waals surface area contributed by atoms with Gasteiger partial charge in [-0.05, 0) is 37.0 Å². The molecule has 1 aliphatic heterocycles. The average molecular weight is 383 g/mol. The lowest BCUT2D eigenvalue weighted by molar-refractivity contribution is 0.277. The minimum atomic E-state index is -0.406. The number of nitrogens with zero attached hydrogens (tertiary/aromatic N) is 5. The summed E-state index contributed by atoms with van der Waals surface area (Å²) in [5.74, 6) is 0.999. The van der Waals surface area contributed by atoms with E-state index in [2.05, 4.69) is 17.9 Å². The summed E-state index contributed by atoms with van der Waals surface area (Å²) in [7, 11) is 1.64. The molecular weight excluding hydrogens is 358 g/mol. The average Bonchev–Trinajstić information content (AvgIpc) is 3.05. The Morgan fingerprint density at radius 2 is 2.04 bits per heavy atom. The number of anilines is 2. The summed E-state index contributed by atoms with van der Waals surface area (Å²) in [5.41, 5.74) is 2.27. The standard InChI is InChI=1S/C20H25N5O3/c1-13-6-4-7-15(10-13)24-11-14(2)12-25-16-17(21-19(24)25)22(3)20(28)23(18(16)27)8-5-9-26/h4,6-7,10,14,26H,5,8-9,11-12H2,1-3H3/t14-/m1/s1. The number of imidazole rings is 1. The van der Waals surface area contributed by atoms with Crippen LogP contribution >= 0.6 is 0 Å². The molecule has 4 rings (SSSR count). The fourth-order valence-corrected chi connectivity index (χ4v) is 3.94. The van der Waals surface area contributed by atoms with Crippen LogP contribution in [0.4, 0.5) is 11.6 Å². The molecule has 1 N–H and O–H groups in total. The van der Waals surface area contributed by atoms with Crippen molar-refractivity contribution in [3.63, 3.8) is 0 Å². The molecule has 0 radical (unpaired) electrons. The molecule has 0 saturated heterocycles. The van der Waals surface area contributed by atoms with Crippen molar-refractivity contribution in [2.75, 3.05) is 18.1 Å². The van der Waals surface area contributed by atoms with Crippen LogP contribution in [0, 0.1) is 12.8 Å². The summed E-state index contributed by atoms with van der Waals surface area (Å²) in [5, 5.41) is 9.11. The van der Waals surface area contributed by atoms with E-state index >= 15 is 0 Å². The summed E-state index contributed by atoms with van der Waals surface area (Å²) >= 11 is 0. The Morgan fingerprint density at radius 3 is 2.75 bits per heavy atom. The van der Waals surface area contributed by atoms with Crippen molar-refractivity contribution < 1.29 is 5.11 Å². The maximum absolute atomic E-state index is 13.1. The zero-order valence-corrected chi connectivity index (χ0v) is 16.4. The summed E-state index contributed by atoms with van der Waals surface area (Å²) in [6.07, 6.45) is 0.355. The molecule has 0 fully saturated rings. The Morgan fingerprint density at radius 1 is 1.25 bits per heavy atom. The SMILES string of the molecule is Cc1cccc(N2C[C@@H](C)Cn3c2nc2c3c(=O)n(CCCO)c(=O)n2C)c1. The predicted octanol–water partition coefficient (Wildman–Crippen LogP) is 1.38. The van der Waals surface area contributed by atoms with Crippen molar-refractivity contribution >= 4 is 22.8 Å². The molecule has 3 heterocycles. The number of aryl methyl sites for hydroxylation is 2. The topological polar surface area (TPSA) is 85.3 Å². The zero-order chi connectivity index (χ0) is 20.0. The largest absolute Gasteiger partial charge is 0.396 e. The van der Waals surface area contributed by atoms with Crippen LogP contribution in [-0.4, -0.2) is 36.9 Å². The van der Waals surface area contributed by atoms with Gasteiger partial charge < -0.3 is 14.6 Å². The van der Waals surface area contributed by atoms with Crippen LogP contribution in [0.1, 0.15) is 18.9 Å². The molecular formula is C20H25N5O3. The number of hydrogen-bond acceptors (Lipinski definition) is 5. The van der Waals surface area contributed by atoms with Gasteiger partial charge in [-0.1, -0.05) is 19.1 Å². The monoisotopic (exact) mass is 383 g/mol. The normalized spacial score (nSPS) is 16.6. The van der Waals surface area contributed by atoms with Crippen LogP contribution in [0.5, 0.6) is 0 Å². The lowest BCUT2D eigenvalue weighted by Gasteiger charge is -2.33. The number of aliphatic hydroxyl groups excluding tert-OH is 1. The van der Waals surface area contributed by atoms with Crippen molar-refractivity contribution in [3.8, 4) is 0 Å². The van der Waals surface area contributed by atoms with Crippen LogP contribution in [0.2, 0.25) is 0 Å². The van der Waals surface area contributed by atoms with E-state index in [4.69, 9.17) is 10.1 Å². The molecule has 0 saturated carbocycles. The van der Waals surface area contributed by atoms with E-state index in [1.54, 1.807) is 7.05 Å². The smallest absolute Gasteiger partial charge is 0.332 e. The van der Waals surface area contributed by atoms with Gasteiger partial charge in [0.1, 0.15) is 0 Å². The number of aromatic nitrogens is 4. The molecule has 8 nitrogen and oxygen atoms in total. The van der Waals surface area contributed by atoms with E-state index in [0.717, 1.165) is 17.8 Å². The number of hydrogen-bond donors (Lipinski definition) is 1. The minimum Gasteiger partial charge on any atom is -0.396 e. The predicted molar refractivity (Wildman–Crippen MR) is 108 cm³/mol. The second-order valence-electron chi connectivity index (χ2n) is 7.62. The minimum absolute atomic E-state index is 0.0731. The second kappa shape index (κ2) is 6.94. The molecule has 0 aliphatic carbocycles. The van der Waals surface area contributed by atoms with Crippen molar-refractivity contribution in [2.45, 2.75) is 33.4 Å². The quantitative estimate of drug-likeness (QED) is 0.736. The molecule has 3 aromatic rings. The van der Waals surface area contributed by atoms with Crippen LogP contribution in [0.25, 0.3) is 11.2 Å². The molecule has 148 valence electrons. The molecule has 0 amide bonds. The third kappa shape index (κ3) is 2.84. The van der Waals surface area contributed by atoms with Gasteiger partial charge >= 0.3 is 5.69 Å². The Labute approximate surface area is 162 Å². The first-order valence-electron chi connectivity index (χ1n) is 9.57. The zero-order valence-electron chi connectivity index (χ0n) is 16.4. The van der Waals surface area contributed by atoms with Gasteiger partial charge in [0, 0.05) is 39.0 Å². The lowest BCUT2D eigenvalue weighted by atomic mass is 10.1. The molecule has 2 aromatic heterocycles. The van der Waals surface area contributed by atoms with Crippen molar-refractivity contribution in [1.29, 1.82) is 0 Å². The maximum atomic E-state index is 13.1. The van der Waals surface area contributed by atoms with Crippen LogP contribution in [0.3, 0.4) is 0 Å². The Hall–Kier alpha value is -2.87. The Balaban J connectivity index is 1.98. The number of fused-ring (bicyclic) bond motifs is 3. The highest BCUT2D eigenvalue weighted by Crippen LogP contribution is 2.33. The highest BCUT2D eigenvalue weighted by molar-refractivity contribution is 5.77. The maximum Gasteiger partial charge on any atom is 0.332 e. The third-order valence-corrected chi connectivity index (χ3v) is 5.30. The van der Waals surface area contributed by atoms with Gasteiger partial charge in [-0.15, -0.1) is 0 Å². The fourth-order valence-electron chi connectivity index (χ4n) is 3.94. The molecule has 1 aromatic carbocycles. The van der Waals surface area contributed by atoms with E-state index in [-0.39, 0.29) is 18.7 Å². The second-order valence-corrected chi connectivity index (χ2v) is 7.62. The van der Waals surface area contributed by atoms with Gasteiger partial charge in [0.15, 0.2) is 11.2 Å². The van der Waals surface area contributed by atoms with E-state index in [1.165, 1.54) is 9.13 Å². The van der Waals surface area contributed by atoms with Crippen LogP contribution in [0.15, 0.2) is 33.9 Å². The Bertz CT molecular complexity index is 1160. The van der Waals surface area contributed by atoms with Gasteiger partial charge in [0.25, 0.3) is 5.56 Å². The molecule has 0 spiro atoms. The summed E-state index contributed by atoms with van der Waals surface area (Å²) in [6, 6.07) is 8.19. The van der Waals surface area contributed by atoms with Crippen molar-refractivity contribution in [2.24, 2.45) is 13.0 Å². The van der Waals surface area contributed by atoms with Gasteiger partial charge in [0.2, 0.25) is 5.95 Å². The molecule has 0 unspecified atom stereocenters. The molecule has 28 heavy (non-hydrogen) atoms. The van der Waals surface area contributed by atoms with E-state index in [9.17, 15) is 9.59 Å². The van der Waals surface area contributed by atoms with Gasteiger partial charge in [-0.25, -0.2) is 4.79 Å². The van der Waals surface area contributed by atoms with E-state index in [1.807, 2.05) is 29.7 Å². The van der Waals surface area contributed by atoms with E-state index in [0.29, 0.717) is 36.0 Å². The highest BCUT2D eigenvalue weighted by Gasteiger charge is 2.29. The first kappa shape index (κ1) is 18.5. The van der Waals surface area contributed by atoms with Gasteiger partial charge in [0.05, 0.1) is 0 Å². The summed E-state index contributed by atoms with van der Waals surface area (Å²) < 4.78 is 4.56. The number of rotatable bonds is 4. The molecule has 1 atom stereocenters. The van der Waals surface area contributed by atoms with Crippen LogP contribution in [-0.2, 0) is 20.1 Å². The van der Waals surface area contributed by atoms with Crippen LogP contribution < -0.4 is 16.1 Å². The molecule has 8 heteroatoms. The number of benzene rings is 1. The fraction of sp³-hybridized carbons (Fsp3) is 0.450. The van der Waals surface area contributed by atoms with Gasteiger partial charge in [-0.2, -0.15) is 4.98 Å². The number of aliphatic hydroxyl groups is 1. The first-order chi connectivity index (χ1) is 13.4. The molecule has 0 bridgehead atoms. The summed E-state index contributed by atoms with van der Waals surface area (Å²) in [4.78, 5) is 32.6. The van der Waals surface area contributed by atoms with E-state index < -0.39 is 5.69 Å². The van der Waals surface area contributed by atoms with Crippen molar-refractivity contribution in [1.82, 2.24) is 18.7 Å². The highest BCUT2D eigenvalue weighted by atomic mass is 16.3. The third-order valence-electron chi connectivity index (χ3n) is 5.30. The first-order valence-corrected chi connectivity index (χ1v) is 9.57. The summed E-state index contributed by atoms with van der Waals surface area (Å²) in [6.45, 7) is 5.76. The lowest BCUT2D eigenvalue weighted by Crippen LogP contribution is -2.40. The van der Waals surface area contributed by atoms with Crippen molar-refractivity contribution in [3.05, 3.63) is 50.7 Å². The molecule has 1 aliphatic rings. The Kier molecular flexibility index (Phi) is 4.58. The van der Waals surface area contributed by atoms with Gasteiger partial charge in [-0.3, -0.25) is 13.9 Å².